The highest BCUT2D eigenvalue weighted by Crippen LogP contribution is 1.70. The molecule has 0 aromatic rings. The normalized spacial score (nSPS) is 8.88. The van der Waals surface area contributed by atoms with Crippen LogP contribution in [-0.2, 0) is 9.59 Å². The zero-order chi connectivity index (χ0) is 13.1. The summed E-state index contributed by atoms with van der Waals surface area (Å²) in [6.07, 6.45) is 0. The summed E-state index contributed by atoms with van der Waals surface area (Å²) < 4.78 is 0. The molecule has 0 radical (unpaired) electrons. The summed E-state index contributed by atoms with van der Waals surface area (Å²) >= 11 is 0. The first-order valence-electron chi connectivity index (χ1n) is 4.75. The maximum atomic E-state index is 10.4. The summed E-state index contributed by atoms with van der Waals surface area (Å²) in [4.78, 5) is 20.8. The van der Waals surface area contributed by atoms with Crippen molar-refractivity contribution in [2.24, 2.45) is 0 Å². The van der Waals surface area contributed by atoms with Gasteiger partial charge >= 0.3 is 0 Å². The van der Waals surface area contributed by atoms with Gasteiger partial charge in [0.1, 0.15) is 0 Å². The van der Waals surface area contributed by atoms with Gasteiger partial charge in [-0.2, -0.15) is 0 Å². The van der Waals surface area contributed by atoms with Crippen LogP contribution in [0.25, 0.3) is 0 Å². The van der Waals surface area contributed by atoms with Crippen LogP contribution in [-0.4, -0.2) is 50.2 Å². The molecule has 0 aromatic carbocycles. The Kier molecular flexibility index (Phi) is 11.1. The number of nitrogens with zero attached hydrogens (tertiary/aromatic N) is 2. The van der Waals surface area contributed by atoms with Gasteiger partial charge in [-0.1, -0.05) is 0 Å². The van der Waals surface area contributed by atoms with Crippen LogP contribution >= 0.6 is 0 Å². The van der Waals surface area contributed by atoms with Gasteiger partial charge in [-0.3, -0.25) is 9.59 Å². The Hall–Kier alpha value is -1.22. The third-order valence-corrected chi connectivity index (χ3v) is 1.52. The predicted octanol–water partition coefficient (Wildman–Crippen LogP) is -1.79. The Morgan fingerprint density at radius 2 is 0.875 bits per heavy atom. The number of hydrogen-bond donors (Lipinski definition) is 4. The molecular weight excluding hydrogens is 212 g/mol. The average Bonchev–Trinajstić information content (AvgIpc) is 2.21. The molecule has 0 heterocycles. The molecule has 0 atom stereocenters. The quantitative estimate of drug-likeness (QED) is 0.430. The number of carbonyl (C=O) groups excluding carboxylic acids is 2. The summed E-state index contributed by atoms with van der Waals surface area (Å²) in [5.41, 5.74) is 10.5. The Balaban J connectivity index is 0. The Morgan fingerprint density at radius 1 is 0.688 bits per heavy atom. The smallest absolute Gasteiger partial charge is 0.248 e. The zero-order valence-corrected chi connectivity index (χ0v) is 10.7. The van der Waals surface area contributed by atoms with Crippen LogP contribution < -0.4 is 21.7 Å². The summed E-state index contributed by atoms with van der Waals surface area (Å²) in [5, 5.41) is 2.56. The largest absolute Gasteiger partial charge is 0.272 e. The van der Waals surface area contributed by atoms with Gasteiger partial charge in [0.25, 0.3) is 0 Å². The van der Waals surface area contributed by atoms with E-state index in [0.29, 0.717) is 0 Å². The van der Waals surface area contributed by atoms with E-state index in [-0.39, 0.29) is 11.8 Å². The number of nitrogens with one attached hydrogen (secondary N) is 4. The molecule has 8 nitrogen and oxygen atoms in total. The molecule has 96 valence electrons. The highest BCUT2D eigenvalue weighted by molar-refractivity contribution is 5.72. The lowest BCUT2D eigenvalue weighted by Crippen LogP contribution is -2.47. The maximum absolute atomic E-state index is 10.4. The van der Waals surface area contributed by atoms with E-state index in [1.54, 1.807) is 28.2 Å². The van der Waals surface area contributed by atoms with Crippen molar-refractivity contribution >= 4 is 11.8 Å². The summed E-state index contributed by atoms with van der Waals surface area (Å²) in [7, 11) is 6.66. The molecule has 0 aliphatic heterocycles. The van der Waals surface area contributed by atoms with E-state index in [0.717, 1.165) is 0 Å². The molecule has 0 saturated heterocycles. The molecule has 0 bridgehead atoms. The van der Waals surface area contributed by atoms with E-state index in [4.69, 9.17) is 0 Å². The van der Waals surface area contributed by atoms with E-state index in [1.165, 1.54) is 24.1 Å². The summed E-state index contributed by atoms with van der Waals surface area (Å²) in [6, 6.07) is 0. The van der Waals surface area contributed by atoms with Crippen molar-refractivity contribution in [3.63, 3.8) is 0 Å². The Bertz CT molecular complexity index is 181. The SMILES string of the molecule is CNN(NC)C(C)=O.CNN(NC)C(C)=O. The third-order valence-electron chi connectivity index (χ3n) is 1.52. The van der Waals surface area contributed by atoms with Gasteiger partial charge < -0.3 is 0 Å². The van der Waals surface area contributed by atoms with Gasteiger partial charge in [-0.05, 0) is 0 Å². The number of hydrogen-bond acceptors (Lipinski definition) is 6. The fraction of sp³-hybridized carbons (Fsp3) is 0.750. The van der Waals surface area contributed by atoms with E-state index >= 15 is 0 Å². The number of hydrazine groups is 4. The van der Waals surface area contributed by atoms with Crippen molar-refractivity contribution in [3.05, 3.63) is 0 Å². The second-order valence-corrected chi connectivity index (χ2v) is 2.60. The standard InChI is InChI=1S/2C4H11N3O/c2*1-4(8)7(5-2)6-3/h2*5-6H,1-3H3. The molecule has 0 rings (SSSR count). The molecule has 0 spiro atoms. The first kappa shape index (κ1) is 17.2. The summed E-state index contributed by atoms with van der Waals surface area (Å²) in [6.45, 7) is 2.93. The van der Waals surface area contributed by atoms with Gasteiger partial charge in [0.15, 0.2) is 0 Å². The lowest BCUT2D eigenvalue weighted by Gasteiger charge is -2.16. The Morgan fingerprint density at radius 3 is 0.875 bits per heavy atom. The van der Waals surface area contributed by atoms with Crippen molar-refractivity contribution in [3.8, 4) is 0 Å². The topological polar surface area (TPSA) is 88.7 Å². The van der Waals surface area contributed by atoms with Gasteiger partial charge in [-0.25, -0.2) is 31.9 Å². The number of amides is 2. The highest BCUT2D eigenvalue weighted by atomic mass is 16.2. The van der Waals surface area contributed by atoms with Crippen molar-refractivity contribution < 1.29 is 9.59 Å². The summed E-state index contributed by atoms with van der Waals surface area (Å²) in [5.74, 6) is -0.120. The molecule has 0 unspecified atom stereocenters. The first-order valence-corrected chi connectivity index (χ1v) is 4.75. The second-order valence-electron chi connectivity index (χ2n) is 2.60. The monoisotopic (exact) mass is 234 g/mol. The van der Waals surface area contributed by atoms with Crippen LogP contribution in [0, 0.1) is 0 Å². The molecular formula is C8H22N6O2. The van der Waals surface area contributed by atoms with Crippen molar-refractivity contribution in [1.82, 2.24) is 31.9 Å². The molecule has 8 heteroatoms. The van der Waals surface area contributed by atoms with E-state index in [2.05, 4.69) is 21.7 Å². The van der Waals surface area contributed by atoms with Gasteiger partial charge in [0.05, 0.1) is 0 Å². The fourth-order valence-corrected chi connectivity index (χ4v) is 0.853. The number of carbonyl (C=O) groups is 2. The molecule has 0 fully saturated rings. The first-order chi connectivity index (χ1) is 7.44. The average molecular weight is 234 g/mol. The van der Waals surface area contributed by atoms with E-state index in [1.807, 2.05) is 0 Å². The van der Waals surface area contributed by atoms with Crippen LogP contribution in [0.2, 0.25) is 0 Å². The fourth-order valence-electron chi connectivity index (χ4n) is 0.853. The van der Waals surface area contributed by atoms with Crippen LogP contribution in [0.5, 0.6) is 0 Å². The molecule has 0 aliphatic carbocycles. The van der Waals surface area contributed by atoms with Crippen LogP contribution in [0.1, 0.15) is 13.8 Å². The van der Waals surface area contributed by atoms with Crippen molar-refractivity contribution in [1.29, 1.82) is 0 Å². The van der Waals surface area contributed by atoms with Crippen LogP contribution in [0.4, 0.5) is 0 Å². The molecule has 16 heavy (non-hydrogen) atoms. The lowest BCUT2D eigenvalue weighted by atomic mass is 10.7. The van der Waals surface area contributed by atoms with Gasteiger partial charge in [0, 0.05) is 42.0 Å². The predicted molar refractivity (Wildman–Crippen MR) is 61.3 cm³/mol. The molecule has 0 aliphatic rings. The van der Waals surface area contributed by atoms with Gasteiger partial charge in [-0.15, -0.1) is 0 Å². The van der Waals surface area contributed by atoms with Crippen LogP contribution in [0.15, 0.2) is 0 Å². The zero-order valence-electron chi connectivity index (χ0n) is 10.7. The van der Waals surface area contributed by atoms with E-state index < -0.39 is 0 Å². The minimum Gasteiger partial charge on any atom is -0.272 e. The van der Waals surface area contributed by atoms with Crippen molar-refractivity contribution in [2.75, 3.05) is 28.2 Å². The van der Waals surface area contributed by atoms with Crippen molar-refractivity contribution in [2.45, 2.75) is 13.8 Å². The Labute approximate surface area is 96.2 Å². The van der Waals surface area contributed by atoms with Gasteiger partial charge in [0.2, 0.25) is 11.8 Å². The lowest BCUT2D eigenvalue weighted by molar-refractivity contribution is -0.135. The molecule has 0 aromatic heterocycles. The van der Waals surface area contributed by atoms with Crippen LogP contribution in [0.3, 0.4) is 0 Å². The number of rotatable bonds is 4. The molecule has 0 saturated carbocycles. The minimum absolute atomic E-state index is 0.0602. The van der Waals surface area contributed by atoms with E-state index in [9.17, 15) is 9.59 Å². The second kappa shape index (κ2) is 10.3. The maximum Gasteiger partial charge on any atom is 0.248 e. The molecule has 2 amide bonds. The minimum atomic E-state index is -0.0602. The third kappa shape index (κ3) is 8.12. The highest BCUT2D eigenvalue weighted by Gasteiger charge is 1.99. The molecule has 4 N–H and O–H groups in total.